The summed E-state index contributed by atoms with van der Waals surface area (Å²) in [6.07, 6.45) is 2.42. The number of amides is 1. The molecule has 0 fully saturated rings. The fraction of sp³-hybridized carbons (Fsp3) is 0.154. The van der Waals surface area contributed by atoms with Gasteiger partial charge in [-0.1, -0.05) is 29.8 Å². The van der Waals surface area contributed by atoms with Crippen molar-refractivity contribution in [2.45, 2.75) is 19.4 Å². The number of halogens is 3. The van der Waals surface area contributed by atoms with Crippen LogP contribution in [0.1, 0.15) is 27.9 Å². The molecule has 0 aliphatic heterocycles. The van der Waals surface area contributed by atoms with Gasteiger partial charge in [-0.2, -0.15) is 0 Å². The number of fused-ring (bicyclic) bond motifs is 1. The van der Waals surface area contributed by atoms with Gasteiger partial charge in [0.2, 0.25) is 5.43 Å². The molecule has 0 spiro atoms. The highest BCUT2D eigenvalue weighted by Crippen LogP contribution is 2.25. The van der Waals surface area contributed by atoms with Crippen LogP contribution < -0.4 is 10.3 Å². The van der Waals surface area contributed by atoms with E-state index < -0.39 is 23.0 Å². The molecular formula is C26H21ClF2N2O3. The number of nitrogens with zero attached hydrogens (tertiary/aromatic N) is 1. The Labute approximate surface area is 199 Å². The van der Waals surface area contributed by atoms with Crippen LogP contribution in [0, 0.1) is 11.6 Å². The number of aliphatic hydroxyl groups excluding tert-OH is 1. The van der Waals surface area contributed by atoms with Gasteiger partial charge in [0, 0.05) is 34.8 Å². The number of hydrogen-bond acceptors (Lipinski definition) is 3. The lowest BCUT2D eigenvalue weighted by molar-refractivity contribution is 0.0983. The normalized spacial score (nSPS) is 11.1. The molecule has 5 nitrogen and oxygen atoms in total. The molecule has 1 amide bonds. The van der Waals surface area contributed by atoms with Gasteiger partial charge in [0.05, 0.1) is 12.2 Å². The molecule has 0 saturated carbocycles. The first-order valence-electron chi connectivity index (χ1n) is 10.6. The number of aryl methyl sites for hydroxylation is 1. The predicted octanol–water partition coefficient (Wildman–Crippen LogP) is 5.23. The second-order valence-electron chi connectivity index (χ2n) is 7.85. The lowest BCUT2D eigenvalue weighted by Gasteiger charge is -2.23. The third-order valence-corrected chi connectivity index (χ3v) is 5.75. The topological polar surface area (TPSA) is 73.4 Å². The molecule has 0 saturated heterocycles. The molecule has 1 aromatic heterocycles. The number of aromatic nitrogens is 1. The van der Waals surface area contributed by atoms with Crippen LogP contribution in [0.3, 0.4) is 0 Å². The minimum atomic E-state index is -0.925. The Morgan fingerprint density at radius 2 is 1.74 bits per heavy atom. The van der Waals surface area contributed by atoms with E-state index in [0.29, 0.717) is 40.4 Å². The monoisotopic (exact) mass is 482 g/mol. The molecule has 4 aromatic rings. The maximum Gasteiger partial charge on any atom is 0.264 e. The molecule has 8 heteroatoms. The summed E-state index contributed by atoms with van der Waals surface area (Å²) in [5, 5.41) is 9.89. The van der Waals surface area contributed by atoms with Gasteiger partial charge in [-0.05, 0) is 60.4 Å². The minimum Gasteiger partial charge on any atom is -0.396 e. The van der Waals surface area contributed by atoms with Crippen LogP contribution in [-0.4, -0.2) is 22.6 Å². The van der Waals surface area contributed by atoms with Crippen molar-refractivity contribution in [1.29, 1.82) is 0 Å². The SMILES string of the molecule is O=C(c1c[nH]c2ccc(CCCO)cc2c1=O)N(Cc1ccc(Cl)cc1)c1ccc(F)cc1F. The summed E-state index contributed by atoms with van der Waals surface area (Å²) in [7, 11) is 0. The van der Waals surface area contributed by atoms with Crippen molar-refractivity contribution >= 4 is 34.1 Å². The molecule has 0 aliphatic carbocycles. The average Bonchev–Trinajstić information content (AvgIpc) is 2.83. The molecule has 0 unspecified atom stereocenters. The molecule has 0 atom stereocenters. The van der Waals surface area contributed by atoms with Crippen LogP contribution in [0.4, 0.5) is 14.5 Å². The molecule has 4 rings (SSSR count). The number of anilines is 1. The van der Waals surface area contributed by atoms with Crippen LogP contribution in [0.2, 0.25) is 5.02 Å². The number of carbonyl (C=O) groups excluding carboxylic acids is 1. The summed E-state index contributed by atoms with van der Waals surface area (Å²) in [5.41, 5.74) is 1.20. The molecular weight excluding hydrogens is 462 g/mol. The molecule has 0 radical (unpaired) electrons. The van der Waals surface area contributed by atoms with Crippen molar-refractivity contribution in [3.63, 3.8) is 0 Å². The van der Waals surface area contributed by atoms with Crippen LogP contribution in [-0.2, 0) is 13.0 Å². The maximum absolute atomic E-state index is 14.7. The molecule has 34 heavy (non-hydrogen) atoms. The number of rotatable bonds is 7. The second-order valence-corrected chi connectivity index (χ2v) is 8.29. The summed E-state index contributed by atoms with van der Waals surface area (Å²) >= 11 is 5.95. The third-order valence-electron chi connectivity index (χ3n) is 5.50. The van der Waals surface area contributed by atoms with Gasteiger partial charge in [0.1, 0.15) is 17.2 Å². The van der Waals surface area contributed by atoms with E-state index in [9.17, 15) is 18.4 Å². The summed E-state index contributed by atoms with van der Waals surface area (Å²) in [5.74, 6) is -2.44. The molecule has 2 N–H and O–H groups in total. The van der Waals surface area contributed by atoms with Crippen molar-refractivity contribution in [1.82, 2.24) is 4.98 Å². The van der Waals surface area contributed by atoms with Crippen molar-refractivity contribution in [2.75, 3.05) is 11.5 Å². The van der Waals surface area contributed by atoms with Crippen LogP contribution in [0.15, 0.2) is 71.7 Å². The average molecular weight is 483 g/mol. The lowest BCUT2D eigenvalue weighted by atomic mass is 10.0. The predicted molar refractivity (Wildman–Crippen MR) is 128 cm³/mol. The third kappa shape index (κ3) is 5.00. The molecule has 174 valence electrons. The van der Waals surface area contributed by atoms with Gasteiger partial charge in [-0.3, -0.25) is 9.59 Å². The number of nitrogens with one attached hydrogen (secondary N) is 1. The summed E-state index contributed by atoms with van der Waals surface area (Å²) in [6, 6.07) is 14.8. The second kappa shape index (κ2) is 10.2. The Balaban J connectivity index is 1.79. The van der Waals surface area contributed by atoms with Gasteiger partial charge in [-0.25, -0.2) is 8.78 Å². The highest BCUT2D eigenvalue weighted by molar-refractivity contribution is 6.30. The number of aliphatic hydroxyl groups is 1. The van der Waals surface area contributed by atoms with E-state index in [1.54, 1.807) is 36.4 Å². The number of hydrogen-bond donors (Lipinski definition) is 2. The molecule has 0 aliphatic rings. The number of pyridine rings is 1. The quantitative estimate of drug-likeness (QED) is 0.379. The van der Waals surface area contributed by atoms with Crippen molar-refractivity contribution in [3.05, 3.63) is 110 Å². The number of benzene rings is 3. The standard InChI is InChI=1S/C26H21ClF2N2O3/c27-18-6-3-17(4-7-18)15-31(24-10-8-19(28)13-22(24)29)26(34)21-14-30-23-9-5-16(2-1-11-32)12-20(23)25(21)33/h3-10,12-14,32H,1-2,11,15H2,(H,30,33). The van der Waals surface area contributed by atoms with E-state index in [0.717, 1.165) is 16.5 Å². The smallest absolute Gasteiger partial charge is 0.264 e. The number of aromatic amines is 1. The lowest BCUT2D eigenvalue weighted by Crippen LogP contribution is -2.34. The fourth-order valence-corrected chi connectivity index (χ4v) is 3.87. The van der Waals surface area contributed by atoms with E-state index in [2.05, 4.69) is 4.98 Å². The van der Waals surface area contributed by atoms with Gasteiger partial charge in [0.15, 0.2) is 0 Å². The van der Waals surface area contributed by atoms with E-state index in [1.807, 2.05) is 6.07 Å². The zero-order valence-corrected chi connectivity index (χ0v) is 18.8. The van der Waals surface area contributed by atoms with Crippen LogP contribution in [0.5, 0.6) is 0 Å². The Morgan fingerprint density at radius 3 is 2.44 bits per heavy atom. The Hall–Kier alpha value is -3.55. The summed E-state index contributed by atoms with van der Waals surface area (Å²) < 4.78 is 28.2. The van der Waals surface area contributed by atoms with Crippen LogP contribution in [0.25, 0.3) is 10.9 Å². The Kier molecular flexibility index (Phi) is 7.05. The highest BCUT2D eigenvalue weighted by Gasteiger charge is 2.24. The number of carbonyl (C=O) groups is 1. The van der Waals surface area contributed by atoms with E-state index >= 15 is 0 Å². The minimum absolute atomic E-state index is 0.0236. The summed E-state index contributed by atoms with van der Waals surface area (Å²) in [6.45, 7) is -0.0393. The van der Waals surface area contributed by atoms with Crippen molar-refractivity contribution in [3.8, 4) is 0 Å². The summed E-state index contributed by atoms with van der Waals surface area (Å²) in [4.78, 5) is 30.9. The first-order chi connectivity index (χ1) is 16.4. The first-order valence-corrected chi connectivity index (χ1v) is 11.0. The zero-order valence-electron chi connectivity index (χ0n) is 18.0. The molecule has 0 bridgehead atoms. The van der Waals surface area contributed by atoms with Gasteiger partial charge in [0.25, 0.3) is 5.91 Å². The maximum atomic E-state index is 14.7. The van der Waals surface area contributed by atoms with E-state index in [-0.39, 0.29) is 24.4 Å². The fourth-order valence-electron chi connectivity index (χ4n) is 3.75. The van der Waals surface area contributed by atoms with Gasteiger partial charge in [-0.15, -0.1) is 0 Å². The van der Waals surface area contributed by atoms with E-state index in [4.69, 9.17) is 16.7 Å². The highest BCUT2D eigenvalue weighted by atomic mass is 35.5. The van der Waals surface area contributed by atoms with Crippen LogP contribution >= 0.6 is 11.6 Å². The van der Waals surface area contributed by atoms with Crippen molar-refractivity contribution < 1.29 is 18.7 Å². The van der Waals surface area contributed by atoms with Gasteiger partial charge < -0.3 is 15.0 Å². The number of H-pyrrole nitrogens is 1. The van der Waals surface area contributed by atoms with Crippen molar-refractivity contribution in [2.24, 2.45) is 0 Å². The Bertz CT molecular complexity index is 1400. The largest absolute Gasteiger partial charge is 0.396 e. The molecule has 1 heterocycles. The first kappa shape index (κ1) is 23.6. The Morgan fingerprint density at radius 1 is 1.00 bits per heavy atom. The van der Waals surface area contributed by atoms with E-state index in [1.165, 1.54) is 12.3 Å². The zero-order chi connectivity index (χ0) is 24.2. The van der Waals surface area contributed by atoms with Gasteiger partial charge >= 0.3 is 0 Å². The molecule has 3 aromatic carbocycles.